The first-order valence-corrected chi connectivity index (χ1v) is 8.40. The van der Waals surface area contributed by atoms with E-state index in [4.69, 9.17) is 20.8 Å². The highest BCUT2D eigenvalue weighted by molar-refractivity contribution is 6.31. The maximum absolute atomic E-state index is 5.99. The molecule has 0 amide bonds. The normalized spacial score (nSPS) is 11.0. The molecule has 0 radical (unpaired) electrons. The Morgan fingerprint density at radius 2 is 1.72 bits per heavy atom. The third-order valence-corrected chi connectivity index (χ3v) is 4.21. The summed E-state index contributed by atoms with van der Waals surface area (Å²) in [7, 11) is 0. The molecular weight excluding hydrogens is 334 g/mol. The third-order valence-electron chi connectivity index (χ3n) is 3.98. The Morgan fingerprint density at radius 1 is 0.960 bits per heavy atom. The topological polar surface area (TPSA) is 35.3 Å². The fraction of sp³-hybridized carbons (Fsp3) is 0.0952. The number of ether oxygens (including phenoxy) is 1. The molecule has 0 aliphatic carbocycles. The Bertz CT molecular complexity index is 1000. The standard InChI is InChI=1S/C21H16ClNO2/c1-14-2-4-15(5-3-14)13-24-18-9-6-16(7-10-18)21-23-19-12-17(22)8-11-20(19)25-21/h2-12H,13H2,1H3. The van der Waals surface area contributed by atoms with Gasteiger partial charge in [-0.25, -0.2) is 4.98 Å². The molecule has 4 heteroatoms. The molecule has 4 aromatic rings. The third kappa shape index (κ3) is 3.52. The minimum Gasteiger partial charge on any atom is -0.489 e. The summed E-state index contributed by atoms with van der Waals surface area (Å²) in [5, 5.41) is 0.646. The second-order valence-electron chi connectivity index (χ2n) is 5.93. The molecule has 1 aromatic heterocycles. The quantitative estimate of drug-likeness (QED) is 0.451. The number of hydrogen-bond acceptors (Lipinski definition) is 3. The molecule has 0 N–H and O–H groups in total. The Morgan fingerprint density at radius 3 is 2.48 bits per heavy atom. The van der Waals surface area contributed by atoms with Crippen molar-refractivity contribution in [2.45, 2.75) is 13.5 Å². The highest BCUT2D eigenvalue weighted by Gasteiger charge is 2.08. The van der Waals surface area contributed by atoms with E-state index in [1.165, 1.54) is 5.56 Å². The molecule has 0 fully saturated rings. The first-order chi connectivity index (χ1) is 12.2. The second kappa shape index (κ2) is 6.61. The maximum atomic E-state index is 5.99. The van der Waals surface area contributed by atoms with Gasteiger partial charge in [-0.2, -0.15) is 0 Å². The van der Waals surface area contributed by atoms with Gasteiger partial charge in [-0.05, 0) is 55.0 Å². The van der Waals surface area contributed by atoms with Crippen LogP contribution >= 0.6 is 11.6 Å². The monoisotopic (exact) mass is 349 g/mol. The molecule has 1 heterocycles. The summed E-state index contributed by atoms with van der Waals surface area (Å²) in [6.07, 6.45) is 0. The zero-order valence-corrected chi connectivity index (χ0v) is 14.5. The summed E-state index contributed by atoms with van der Waals surface area (Å²) in [4.78, 5) is 4.48. The molecule has 0 aliphatic heterocycles. The zero-order valence-electron chi connectivity index (χ0n) is 13.7. The van der Waals surface area contributed by atoms with Crippen LogP contribution in [-0.4, -0.2) is 4.98 Å². The summed E-state index contributed by atoms with van der Waals surface area (Å²) in [6.45, 7) is 2.62. The number of oxazole rings is 1. The van der Waals surface area contributed by atoms with E-state index in [0.717, 1.165) is 28.0 Å². The predicted octanol–water partition coefficient (Wildman–Crippen LogP) is 6.04. The van der Waals surface area contributed by atoms with Crippen molar-refractivity contribution in [1.82, 2.24) is 4.98 Å². The second-order valence-corrected chi connectivity index (χ2v) is 6.37. The van der Waals surface area contributed by atoms with E-state index in [0.29, 0.717) is 17.5 Å². The molecule has 0 unspecified atom stereocenters. The molecule has 124 valence electrons. The SMILES string of the molecule is Cc1ccc(COc2ccc(-c3nc4cc(Cl)ccc4o3)cc2)cc1. The van der Waals surface area contributed by atoms with E-state index in [-0.39, 0.29) is 0 Å². The maximum Gasteiger partial charge on any atom is 0.227 e. The van der Waals surface area contributed by atoms with Crippen molar-refractivity contribution in [3.05, 3.63) is 82.9 Å². The van der Waals surface area contributed by atoms with Crippen molar-refractivity contribution < 1.29 is 9.15 Å². The molecule has 3 nitrogen and oxygen atoms in total. The van der Waals surface area contributed by atoms with Gasteiger partial charge in [-0.1, -0.05) is 41.4 Å². The number of rotatable bonds is 4. The van der Waals surface area contributed by atoms with Crippen molar-refractivity contribution in [3.8, 4) is 17.2 Å². The Kier molecular flexibility index (Phi) is 4.16. The van der Waals surface area contributed by atoms with Gasteiger partial charge in [0.15, 0.2) is 5.58 Å². The van der Waals surface area contributed by atoms with E-state index in [9.17, 15) is 0 Å². The van der Waals surface area contributed by atoms with Gasteiger partial charge in [0, 0.05) is 10.6 Å². The number of fused-ring (bicyclic) bond motifs is 1. The smallest absolute Gasteiger partial charge is 0.227 e. The summed E-state index contributed by atoms with van der Waals surface area (Å²) >= 11 is 5.99. The Balaban J connectivity index is 1.49. The summed E-state index contributed by atoms with van der Waals surface area (Å²) < 4.78 is 11.6. The lowest BCUT2D eigenvalue weighted by molar-refractivity contribution is 0.306. The highest BCUT2D eigenvalue weighted by atomic mass is 35.5. The lowest BCUT2D eigenvalue weighted by atomic mass is 10.2. The van der Waals surface area contributed by atoms with Gasteiger partial charge in [0.1, 0.15) is 17.9 Å². The minimum absolute atomic E-state index is 0.543. The molecule has 4 rings (SSSR count). The largest absolute Gasteiger partial charge is 0.489 e. The fourth-order valence-corrected chi connectivity index (χ4v) is 2.74. The van der Waals surface area contributed by atoms with Crippen LogP contribution in [0.15, 0.2) is 71.1 Å². The van der Waals surface area contributed by atoms with Gasteiger partial charge in [0.2, 0.25) is 5.89 Å². The van der Waals surface area contributed by atoms with Gasteiger partial charge in [-0.3, -0.25) is 0 Å². The van der Waals surface area contributed by atoms with Crippen molar-refractivity contribution in [3.63, 3.8) is 0 Å². The van der Waals surface area contributed by atoms with Crippen LogP contribution in [0.5, 0.6) is 5.75 Å². The van der Waals surface area contributed by atoms with Crippen LogP contribution in [0, 0.1) is 6.92 Å². The Hall–Kier alpha value is -2.78. The number of aromatic nitrogens is 1. The molecule has 25 heavy (non-hydrogen) atoms. The van der Waals surface area contributed by atoms with Crippen LogP contribution in [0.25, 0.3) is 22.6 Å². The number of halogens is 1. The fourth-order valence-electron chi connectivity index (χ4n) is 2.57. The summed E-state index contributed by atoms with van der Waals surface area (Å²) in [5.41, 5.74) is 4.76. The minimum atomic E-state index is 0.543. The first-order valence-electron chi connectivity index (χ1n) is 8.02. The van der Waals surface area contributed by atoms with Gasteiger partial charge >= 0.3 is 0 Å². The molecular formula is C21H16ClNO2. The molecule has 0 aliphatic rings. The van der Waals surface area contributed by atoms with Crippen molar-refractivity contribution in [2.24, 2.45) is 0 Å². The number of nitrogens with zero attached hydrogens (tertiary/aromatic N) is 1. The molecule has 0 bridgehead atoms. The van der Waals surface area contributed by atoms with Gasteiger partial charge < -0.3 is 9.15 Å². The van der Waals surface area contributed by atoms with Crippen LogP contribution in [0.1, 0.15) is 11.1 Å². The Labute approximate surface area is 150 Å². The van der Waals surface area contributed by atoms with Crippen LogP contribution in [0.3, 0.4) is 0 Å². The number of hydrogen-bond donors (Lipinski definition) is 0. The number of aryl methyl sites for hydroxylation is 1. The average molecular weight is 350 g/mol. The molecule has 0 atom stereocenters. The molecule has 0 saturated carbocycles. The van der Waals surface area contributed by atoms with Crippen molar-refractivity contribution >= 4 is 22.7 Å². The molecule has 0 spiro atoms. The summed E-state index contributed by atoms with van der Waals surface area (Å²) in [5.74, 6) is 1.38. The van der Waals surface area contributed by atoms with Crippen LogP contribution < -0.4 is 4.74 Å². The lowest BCUT2D eigenvalue weighted by Crippen LogP contribution is -1.95. The van der Waals surface area contributed by atoms with E-state index in [2.05, 4.69) is 36.2 Å². The van der Waals surface area contributed by atoms with E-state index < -0.39 is 0 Å². The predicted molar refractivity (Wildman–Crippen MR) is 100.0 cm³/mol. The first kappa shape index (κ1) is 15.7. The van der Waals surface area contributed by atoms with E-state index >= 15 is 0 Å². The van der Waals surface area contributed by atoms with Crippen LogP contribution in [0.4, 0.5) is 0 Å². The van der Waals surface area contributed by atoms with Gasteiger partial charge in [0.25, 0.3) is 0 Å². The van der Waals surface area contributed by atoms with Crippen molar-refractivity contribution in [1.29, 1.82) is 0 Å². The van der Waals surface area contributed by atoms with Gasteiger partial charge in [0.05, 0.1) is 0 Å². The average Bonchev–Trinajstić information content (AvgIpc) is 3.05. The van der Waals surface area contributed by atoms with E-state index in [1.807, 2.05) is 30.3 Å². The lowest BCUT2D eigenvalue weighted by Gasteiger charge is -2.07. The van der Waals surface area contributed by atoms with Crippen molar-refractivity contribution in [2.75, 3.05) is 0 Å². The molecule has 0 saturated heterocycles. The van der Waals surface area contributed by atoms with Crippen LogP contribution in [-0.2, 0) is 6.61 Å². The highest BCUT2D eigenvalue weighted by Crippen LogP contribution is 2.27. The zero-order chi connectivity index (χ0) is 17.2. The number of benzene rings is 3. The molecule has 3 aromatic carbocycles. The van der Waals surface area contributed by atoms with E-state index in [1.54, 1.807) is 12.1 Å². The van der Waals surface area contributed by atoms with Crippen LogP contribution in [0.2, 0.25) is 5.02 Å². The summed E-state index contributed by atoms with van der Waals surface area (Å²) in [6, 6.07) is 21.5. The van der Waals surface area contributed by atoms with Gasteiger partial charge in [-0.15, -0.1) is 0 Å².